The number of benzene rings is 2. The van der Waals surface area contributed by atoms with Crippen molar-refractivity contribution in [3.05, 3.63) is 59.1 Å². The summed E-state index contributed by atoms with van der Waals surface area (Å²) in [5.41, 5.74) is 2.05. The monoisotopic (exact) mass is 364 g/mol. The molecule has 5 nitrogen and oxygen atoms in total. The highest BCUT2D eigenvalue weighted by molar-refractivity contribution is 7.92. The highest BCUT2D eigenvalue weighted by atomic mass is 35.5. The van der Waals surface area contributed by atoms with E-state index >= 15 is 0 Å². The first-order valence-electron chi connectivity index (χ1n) is 7.48. The Labute approximate surface area is 146 Å². The van der Waals surface area contributed by atoms with Crippen molar-refractivity contribution < 1.29 is 13.2 Å². The van der Waals surface area contributed by atoms with E-state index in [1.807, 2.05) is 12.1 Å². The van der Waals surface area contributed by atoms with Gasteiger partial charge < -0.3 is 4.90 Å². The zero-order chi connectivity index (χ0) is 17.3. The molecule has 3 rings (SSSR count). The lowest BCUT2D eigenvalue weighted by Crippen LogP contribution is -2.31. The average Bonchev–Trinajstić information content (AvgIpc) is 2.67. The number of fused-ring (bicyclic) bond motifs is 1. The molecule has 126 valence electrons. The molecule has 7 heteroatoms. The predicted molar refractivity (Wildman–Crippen MR) is 95.9 cm³/mol. The summed E-state index contributed by atoms with van der Waals surface area (Å²) in [7, 11) is -3.45. The fourth-order valence-electron chi connectivity index (χ4n) is 2.78. The lowest BCUT2D eigenvalue weighted by atomic mass is 10.2. The van der Waals surface area contributed by atoms with E-state index in [4.69, 9.17) is 11.6 Å². The summed E-state index contributed by atoms with van der Waals surface area (Å²) in [5.74, 6) is -0.108. The van der Waals surface area contributed by atoms with E-state index in [-0.39, 0.29) is 18.9 Å². The minimum atomic E-state index is -3.45. The molecule has 2 aromatic carbocycles. The van der Waals surface area contributed by atoms with Crippen LogP contribution in [0.5, 0.6) is 0 Å². The number of hydrogen-bond acceptors (Lipinski definition) is 3. The predicted octanol–water partition coefficient (Wildman–Crippen LogP) is 3.04. The Morgan fingerprint density at radius 3 is 2.29 bits per heavy atom. The van der Waals surface area contributed by atoms with Crippen LogP contribution in [-0.2, 0) is 21.4 Å². The van der Waals surface area contributed by atoms with Crippen molar-refractivity contribution in [3.8, 4) is 0 Å². The Morgan fingerprint density at radius 1 is 1.04 bits per heavy atom. The summed E-state index contributed by atoms with van der Waals surface area (Å²) < 4.78 is 25.5. The Balaban J connectivity index is 2.04. The van der Waals surface area contributed by atoms with Gasteiger partial charge in [-0.3, -0.25) is 9.10 Å². The number of anilines is 2. The van der Waals surface area contributed by atoms with Gasteiger partial charge in [-0.25, -0.2) is 8.42 Å². The molecule has 1 heterocycles. The molecule has 0 unspecified atom stereocenters. The first-order chi connectivity index (χ1) is 11.4. The van der Waals surface area contributed by atoms with E-state index in [9.17, 15) is 13.2 Å². The van der Waals surface area contributed by atoms with Gasteiger partial charge in [-0.05, 0) is 29.8 Å². The van der Waals surface area contributed by atoms with Crippen LogP contribution in [0, 0.1) is 0 Å². The number of amides is 1. The summed E-state index contributed by atoms with van der Waals surface area (Å²) in [6.45, 7) is 0.510. The topological polar surface area (TPSA) is 57.7 Å². The molecule has 0 aliphatic carbocycles. The van der Waals surface area contributed by atoms with Crippen LogP contribution < -0.4 is 9.21 Å². The Bertz CT molecular complexity index is 866. The smallest absolute Gasteiger partial charge is 0.232 e. The van der Waals surface area contributed by atoms with Crippen molar-refractivity contribution >= 4 is 38.9 Å². The quantitative estimate of drug-likeness (QED) is 0.841. The molecule has 0 radical (unpaired) electrons. The Hall–Kier alpha value is -2.05. The number of halogens is 1. The third-order valence-electron chi connectivity index (χ3n) is 3.93. The Morgan fingerprint density at radius 2 is 1.67 bits per heavy atom. The van der Waals surface area contributed by atoms with Crippen LogP contribution in [-0.4, -0.2) is 27.1 Å². The number of para-hydroxylation sites is 2. The molecule has 2 aromatic rings. The number of hydrogen-bond donors (Lipinski definition) is 0. The van der Waals surface area contributed by atoms with Crippen molar-refractivity contribution in [2.75, 3.05) is 22.0 Å². The van der Waals surface area contributed by atoms with E-state index in [2.05, 4.69) is 0 Å². The second kappa shape index (κ2) is 6.45. The van der Waals surface area contributed by atoms with Gasteiger partial charge in [-0.2, -0.15) is 0 Å². The van der Waals surface area contributed by atoms with Gasteiger partial charge in [0, 0.05) is 18.0 Å². The van der Waals surface area contributed by atoms with E-state index in [0.717, 1.165) is 11.8 Å². The summed E-state index contributed by atoms with van der Waals surface area (Å²) >= 11 is 5.91. The second-order valence-electron chi connectivity index (χ2n) is 5.68. The van der Waals surface area contributed by atoms with Gasteiger partial charge >= 0.3 is 0 Å². The zero-order valence-corrected chi connectivity index (χ0v) is 14.7. The number of rotatable bonds is 3. The van der Waals surface area contributed by atoms with Gasteiger partial charge in [0.25, 0.3) is 0 Å². The molecule has 0 fully saturated rings. The van der Waals surface area contributed by atoms with Gasteiger partial charge in [-0.15, -0.1) is 0 Å². The van der Waals surface area contributed by atoms with Crippen molar-refractivity contribution in [1.82, 2.24) is 0 Å². The molecule has 0 N–H and O–H groups in total. The molecule has 1 aliphatic heterocycles. The highest BCUT2D eigenvalue weighted by Crippen LogP contribution is 2.35. The lowest BCUT2D eigenvalue weighted by molar-refractivity contribution is -0.118. The second-order valence-corrected chi connectivity index (χ2v) is 8.02. The van der Waals surface area contributed by atoms with Crippen LogP contribution in [0.4, 0.5) is 11.4 Å². The number of carbonyl (C=O) groups excluding carboxylic acids is 1. The van der Waals surface area contributed by atoms with Crippen LogP contribution >= 0.6 is 11.6 Å². The minimum absolute atomic E-state index is 0.108. The van der Waals surface area contributed by atoms with Crippen molar-refractivity contribution in [2.24, 2.45) is 0 Å². The fraction of sp³-hybridized carbons (Fsp3) is 0.235. The minimum Gasteiger partial charge on any atom is -0.306 e. The summed E-state index contributed by atoms with van der Waals surface area (Å²) in [6, 6.07) is 14.3. The molecular weight excluding hydrogens is 348 g/mol. The molecule has 0 saturated carbocycles. The van der Waals surface area contributed by atoms with Crippen LogP contribution in [0.1, 0.15) is 12.0 Å². The average molecular weight is 365 g/mol. The molecular formula is C17H17ClN2O3S. The molecule has 1 amide bonds. The summed E-state index contributed by atoms with van der Waals surface area (Å²) in [6.07, 6.45) is 1.29. The van der Waals surface area contributed by atoms with Crippen LogP contribution in [0.3, 0.4) is 0 Å². The van der Waals surface area contributed by atoms with Gasteiger partial charge in [0.2, 0.25) is 15.9 Å². The third-order valence-corrected chi connectivity index (χ3v) is 5.36. The molecule has 24 heavy (non-hydrogen) atoms. The third kappa shape index (κ3) is 3.39. The maximum Gasteiger partial charge on any atom is 0.232 e. The lowest BCUT2D eigenvalue weighted by Gasteiger charge is -2.25. The molecule has 0 bridgehead atoms. The van der Waals surface area contributed by atoms with Gasteiger partial charge in [0.1, 0.15) is 0 Å². The zero-order valence-electron chi connectivity index (χ0n) is 13.1. The first kappa shape index (κ1) is 16.8. The Kier molecular flexibility index (Phi) is 4.51. The van der Waals surface area contributed by atoms with Crippen LogP contribution in [0.15, 0.2) is 48.5 Å². The normalized spacial score (nSPS) is 15.2. The van der Waals surface area contributed by atoms with Crippen LogP contribution in [0.2, 0.25) is 5.02 Å². The van der Waals surface area contributed by atoms with Crippen molar-refractivity contribution in [3.63, 3.8) is 0 Å². The molecule has 0 spiro atoms. The first-order valence-corrected chi connectivity index (χ1v) is 9.70. The molecule has 0 aromatic heterocycles. The SMILES string of the molecule is CS(=O)(=O)N1CCC(=O)N(Cc2ccc(Cl)cc2)c2ccccc21. The maximum atomic E-state index is 12.6. The van der Waals surface area contributed by atoms with E-state index < -0.39 is 10.0 Å². The molecule has 0 saturated heterocycles. The van der Waals surface area contributed by atoms with Gasteiger partial charge in [0.15, 0.2) is 0 Å². The molecule has 1 aliphatic rings. The van der Waals surface area contributed by atoms with E-state index in [1.165, 1.54) is 4.31 Å². The van der Waals surface area contributed by atoms with Gasteiger partial charge in [-0.1, -0.05) is 35.9 Å². The maximum absolute atomic E-state index is 12.6. The molecule has 0 atom stereocenters. The standard InChI is InChI=1S/C17H17ClN2O3S/c1-24(22,23)20-11-10-17(21)19(15-4-2-3-5-16(15)20)12-13-6-8-14(18)9-7-13/h2-9H,10-12H2,1H3. The fourth-order valence-corrected chi connectivity index (χ4v) is 3.84. The van der Waals surface area contributed by atoms with Crippen molar-refractivity contribution in [1.29, 1.82) is 0 Å². The van der Waals surface area contributed by atoms with Gasteiger partial charge in [0.05, 0.1) is 24.2 Å². The van der Waals surface area contributed by atoms with Crippen molar-refractivity contribution in [2.45, 2.75) is 13.0 Å². The summed E-state index contributed by atoms with van der Waals surface area (Å²) in [5, 5.41) is 0.629. The van der Waals surface area contributed by atoms with E-state index in [1.54, 1.807) is 41.3 Å². The van der Waals surface area contributed by atoms with E-state index in [0.29, 0.717) is 22.9 Å². The number of sulfonamides is 1. The highest BCUT2D eigenvalue weighted by Gasteiger charge is 2.30. The largest absolute Gasteiger partial charge is 0.306 e. The number of carbonyl (C=O) groups is 1. The summed E-state index contributed by atoms with van der Waals surface area (Å²) in [4.78, 5) is 14.2. The number of nitrogens with zero attached hydrogens (tertiary/aromatic N) is 2. The van der Waals surface area contributed by atoms with Crippen LogP contribution in [0.25, 0.3) is 0 Å².